The number of hydrogen-bond acceptors (Lipinski definition) is 2. The highest BCUT2D eigenvalue weighted by Crippen LogP contribution is 2.29. The first-order valence-corrected chi connectivity index (χ1v) is 8.70. The van der Waals surface area contributed by atoms with Crippen LogP contribution in [0.1, 0.15) is 63.6 Å². The molecule has 0 aromatic carbocycles. The molecule has 1 aliphatic carbocycles. The van der Waals surface area contributed by atoms with Gasteiger partial charge in [0.2, 0.25) is 0 Å². The van der Waals surface area contributed by atoms with E-state index >= 15 is 0 Å². The fourth-order valence-electron chi connectivity index (χ4n) is 3.06. The number of nitrogens with one attached hydrogen (secondary N) is 1. The van der Waals surface area contributed by atoms with Crippen LogP contribution in [0.3, 0.4) is 0 Å². The number of hydrogen-bond donors (Lipinski definition) is 1. The van der Waals surface area contributed by atoms with E-state index in [0.29, 0.717) is 12.0 Å². The second-order valence-electron chi connectivity index (χ2n) is 6.70. The summed E-state index contributed by atoms with van der Waals surface area (Å²) in [4.78, 5) is 0. The molecule has 120 valence electrons. The van der Waals surface area contributed by atoms with Crippen LogP contribution < -0.4 is 5.32 Å². The molecule has 1 aromatic heterocycles. The van der Waals surface area contributed by atoms with Gasteiger partial charge in [0.15, 0.2) is 0 Å². The lowest BCUT2D eigenvalue weighted by molar-refractivity contribution is 0.103. The second kappa shape index (κ2) is 8.60. The highest BCUT2D eigenvalue weighted by molar-refractivity contribution is 5.29. The molecule has 3 heteroatoms. The van der Waals surface area contributed by atoms with Crippen LogP contribution in [0.25, 0.3) is 0 Å². The van der Waals surface area contributed by atoms with Crippen LogP contribution in [0.5, 0.6) is 0 Å². The molecule has 1 unspecified atom stereocenters. The van der Waals surface area contributed by atoms with Crippen LogP contribution in [0, 0.1) is 5.92 Å². The lowest BCUT2D eigenvalue weighted by atomic mass is 10.0. The van der Waals surface area contributed by atoms with E-state index in [4.69, 9.17) is 4.74 Å². The van der Waals surface area contributed by atoms with Gasteiger partial charge in [0.05, 0.1) is 6.61 Å². The molecule has 0 saturated heterocycles. The SMILES string of the molecule is CCCNC1CCCCc2cn(CCOCC(C)C)cc21. The minimum absolute atomic E-state index is 0.556. The van der Waals surface area contributed by atoms with Crippen molar-refractivity contribution in [2.24, 2.45) is 5.92 Å². The van der Waals surface area contributed by atoms with E-state index in [-0.39, 0.29) is 0 Å². The minimum Gasteiger partial charge on any atom is -0.379 e. The van der Waals surface area contributed by atoms with Crippen LogP contribution in [0.4, 0.5) is 0 Å². The summed E-state index contributed by atoms with van der Waals surface area (Å²) in [5.74, 6) is 0.619. The Morgan fingerprint density at radius 2 is 2.19 bits per heavy atom. The first-order valence-electron chi connectivity index (χ1n) is 8.70. The Balaban J connectivity index is 1.93. The summed E-state index contributed by atoms with van der Waals surface area (Å²) in [5, 5.41) is 3.72. The van der Waals surface area contributed by atoms with E-state index in [0.717, 1.165) is 26.3 Å². The Labute approximate surface area is 130 Å². The minimum atomic E-state index is 0.556. The molecule has 0 saturated carbocycles. The van der Waals surface area contributed by atoms with Gasteiger partial charge in [-0.05, 0) is 49.3 Å². The molecule has 1 N–H and O–H groups in total. The molecule has 2 rings (SSSR count). The summed E-state index contributed by atoms with van der Waals surface area (Å²) >= 11 is 0. The molecule has 3 nitrogen and oxygen atoms in total. The molecule has 0 aliphatic heterocycles. The first kappa shape index (κ1) is 16.6. The average Bonchev–Trinajstić information content (AvgIpc) is 2.77. The van der Waals surface area contributed by atoms with E-state index in [9.17, 15) is 0 Å². The predicted molar refractivity (Wildman–Crippen MR) is 88.7 cm³/mol. The molecule has 1 heterocycles. The molecule has 0 fully saturated rings. The second-order valence-corrected chi connectivity index (χ2v) is 6.70. The number of ether oxygens (including phenoxy) is 1. The van der Waals surface area contributed by atoms with Crippen LogP contribution in [-0.4, -0.2) is 24.3 Å². The Morgan fingerprint density at radius 3 is 2.95 bits per heavy atom. The van der Waals surface area contributed by atoms with Crippen molar-refractivity contribution in [3.63, 3.8) is 0 Å². The monoisotopic (exact) mass is 292 g/mol. The molecule has 21 heavy (non-hydrogen) atoms. The topological polar surface area (TPSA) is 26.2 Å². The summed E-state index contributed by atoms with van der Waals surface area (Å²) in [7, 11) is 0. The fourth-order valence-corrected chi connectivity index (χ4v) is 3.06. The van der Waals surface area contributed by atoms with E-state index in [1.807, 2.05) is 0 Å². The molecule has 1 aromatic rings. The van der Waals surface area contributed by atoms with Gasteiger partial charge in [0, 0.05) is 31.6 Å². The van der Waals surface area contributed by atoms with Crippen molar-refractivity contribution in [2.75, 3.05) is 19.8 Å². The number of rotatable bonds is 8. The third-order valence-corrected chi connectivity index (χ3v) is 4.15. The maximum absolute atomic E-state index is 5.71. The maximum atomic E-state index is 5.71. The van der Waals surface area contributed by atoms with Crippen molar-refractivity contribution in [3.05, 3.63) is 23.5 Å². The fraction of sp³-hybridized carbons (Fsp3) is 0.778. The predicted octanol–water partition coefficient (Wildman–Crippen LogP) is 3.93. The van der Waals surface area contributed by atoms with Crippen LogP contribution in [-0.2, 0) is 17.7 Å². The lowest BCUT2D eigenvalue weighted by Gasteiger charge is -2.16. The lowest BCUT2D eigenvalue weighted by Crippen LogP contribution is -2.21. The molecule has 1 atom stereocenters. The molecule has 0 spiro atoms. The summed E-state index contributed by atoms with van der Waals surface area (Å²) in [6.45, 7) is 10.4. The van der Waals surface area contributed by atoms with Crippen molar-refractivity contribution < 1.29 is 4.74 Å². The van der Waals surface area contributed by atoms with Crippen molar-refractivity contribution >= 4 is 0 Å². The number of aryl methyl sites for hydroxylation is 1. The Bertz CT molecular complexity index is 411. The van der Waals surface area contributed by atoms with Crippen LogP contribution in [0.15, 0.2) is 12.4 Å². The van der Waals surface area contributed by atoms with Gasteiger partial charge in [-0.3, -0.25) is 0 Å². The van der Waals surface area contributed by atoms with E-state index < -0.39 is 0 Å². The van der Waals surface area contributed by atoms with Gasteiger partial charge in [0.25, 0.3) is 0 Å². The third-order valence-electron chi connectivity index (χ3n) is 4.15. The van der Waals surface area contributed by atoms with Gasteiger partial charge < -0.3 is 14.6 Å². The Morgan fingerprint density at radius 1 is 1.33 bits per heavy atom. The average molecular weight is 292 g/mol. The van der Waals surface area contributed by atoms with Crippen LogP contribution >= 0.6 is 0 Å². The molecule has 0 radical (unpaired) electrons. The highest BCUT2D eigenvalue weighted by atomic mass is 16.5. The summed E-state index contributed by atoms with van der Waals surface area (Å²) in [5.41, 5.74) is 3.08. The van der Waals surface area contributed by atoms with Crippen molar-refractivity contribution in [3.8, 4) is 0 Å². The van der Waals surface area contributed by atoms with Gasteiger partial charge in [-0.25, -0.2) is 0 Å². The summed E-state index contributed by atoms with van der Waals surface area (Å²) in [6, 6.07) is 0.556. The van der Waals surface area contributed by atoms with E-state index in [1.54, 1.807) is 5.56 Å². The van der Waals surface area contributed by atoms with Gasteiger partial charge in [-0.15, -0.1) is 0 Å². The van der Waals surface area contributed by atoms with Gasteiger partial charge in [-0.2, -0.15) is 0 Å². The first-order chi connectivity index (χ1) is 10.2. The maximum Gasteiger partial charge on any atom is 0.0645 e. The Hall–Kier alpha value is -0.800. The highest BCUT2D eigenvalue weighted by Gasteiger charge is 2.19. The third kappa shape index (κ3) is 5.15. The molecule has 0 amide bonds. The largest absolute Gasteiger partial charge is 0.379 e. The number of fused-ring (bicyclic) bond motifs is 1. The van der Waals surface area contributed by atoms with Gasteiger partial charge >= 0.3 is 0 Å². The van der Waals surface area contributed by atoms with Gasteiger partial charge in [0.1, 0.15) is 0 Å². The summed E-state index contributed by atoms with van der Waals surface area (Å²) in [6.07, 6.45) is 11.1. The molecule has 0 bridgehead atoms. The van der Waals surface area contributed by atoms with Crippen LogP contribution in [0.2, 0.25) is 0 Å². The molecular formula is C18H32N2O. The quantitative estimate of drug-likeness (QED) is 0.580. The standard InChI is InChI=1S/C18H32N2O/c1-4-9-19-18-8-6-5-7-16-12-20(13-17(16)18)10-11-21-14-15(2)3/h12-13,15,18-19H,4-11,14H2,1-3H3. The Kier molecular flexibility index (Phi) is 6.78. The zero-order chi connectivity index (χ0) is 15.1. The number of aromatic nitrogens is 1. The van der Waals surface area contributed by atoms with Crippen molar-refractivity contribution in [2.45, 2.75) is 65.5 Å². The van der Waals surface area contributed by atoms with E-state index in [1.165, 1.54) is 37.7 Å². The van der Waals surface area contributed by atoms with E-state index in [2.05, 4.69) is 43.0 Å². The van der Waals surface area contributed by atoms with Gasteiger partial charge in [-0.1, -0.05) is 27.2 Å². The normalized spacial score (nSPS) is 18.8. The zero-order valence-corrected chi connectivity index (χ0v) is 14.0. The summed E-state index contributed by atoms with van der Waals surface area (Å²) < 4.78 is 8.04. The van der Waals surface area contributed by atoms with Crippen molar-refractivity contribution in [1.29, 1.82) is 0 Å². The molecule has 1 aliphatic rings. The van der Waals surface area contributed by atoms with Crippen molar-refractivity contribution in [1.82, 2.24) is 9.88 Å². The zero-order valence-electron chi connectivity index (χ0n) is 14.0. The molecular weight excluding hydrogens is 260 g/mol. The smallest absolute Gasteiger partial charge is 0.0645 e. The number of nitrogens with zero attached hydrogens (tertiary/aromatic N) is 1.